The average molecular weight is 309 g/mol. The van der Waals surface area contributed by atoms with Crippen molar-refractivity contribution in [2.24, 2.45) is 5.73 Å². The Morgan fingerprint density at radius 2 is 1.80 bits per heavy atom. The Balaban J connectivity index is 2.30. The third-order valence-electron chi connectivity index (χ3n) is 3.26. The minimum atomic E-state index is -4.49. The molecule has 0 aromatic heterocycles. The molecule has 1 aliphatic heterocycles. The van der Waals surface area contributed by atoms with Crippen molar-refractivity contribution in [2.75, 3.05) is 13.2 Å². The van der Waals surface area contributed by atoms with Gasteiger partial charge in [-0.2, -0.15) is 13.2 Å². The number of hydrogen-bond acceptors (Lipinski definition) is 4. The Hall–Kier alpha value is -1.12. The topological polar surface area (TPSA) is 69.4 Å². The molecule has 2 N–H and O–H groups in total. The van der Waals surface area contributed by atoms with Crippen LogP contribution in [0.15, 0.2) is 29.2 Å². The predicted molar refractivity (Wildman–Crippen MR) is 65.8 cm³/mol. The fourth-order valence-electron chi connectivity index (χ4n) is 2.06. The lowest BCUT2D eigenvalue weighted by Gasteiger charge is -2.28. The second kappa shape index (κ2) is 5.34. The Labute approximate surface area is 114 Å². The first-order valence-electron chi connectivity index (χ1n) is 5.97. The number of rotatable bonds is 2. The molecule has 0 spiro atoms. The van der Waals surface area contributed by atoms with Crippen molar-refractivity contribution < 1.29 is 26.3 Å². The number of halogens is 3. The molecule has 1 fully saturated rings. The van der Waals surface area contributed by atoms with Gasteiger partial charge in [-0.1, -0.05) is 0 Å². The van der Waals surface area contributed by atoms with Gasteiger partial charge in [-0.25, -0.2) is 8.42 Å². The zero-order chi connectivity index (χ0) is 15.0. The largest absolute Gasteiger partial charge is 0.416 e. The van der Waals surface area contributed by atoms with E-state index in [4.69, 9.17) is 10.5 Å². The monoisotopic (exact) mass is 309 g/mol. The van der Waals surface area contributed by atoms with E-state index in [1.54, 1.807) is 0 Å². The number of sulfone groups is 1. The fraction of sp³-hybridized carbons (Fsp3) is 0.500. The molecule has 112 valence electrons. The summed E-state index contributed by atoms with van der Waals surface area (Å²) < 4.78 is 67.1. The van der Waals surface area contributed by atoms with E-state index < -0.39 is 32.9 Å². The number of alkyl halides is 3. The van der Waals surface area contributed by atoms with Crippen LogP contribution in [0.5, 0.6) is 0 Å². The van der Waals surface area contributed by atoms with Crippen molar-refractivity contribution in [3.8, 4) is 0 Å². The van der Waals surface area contributed by atoms with Crippen molar-refractivity contribution in [1.29, 1.82) is 0 Å². The van der Waals surface area contributed by atoms with E-state index in [1.165, 1.54) is 0 Å². The molecule has 0 saturated carbocycles. The average Bonchev–Trinajstić information content (AvgIpc) is 2.38. The van der Waals surface area contributed by atoms with Crippen molar-refractivity contribution in [1.82, 2.24) is 0 Å². The van der Waals surface area contributed by atoms with Crippen molar-refractivity contribution in [2.45, 2.75) is 28.8 Å². The summed E-state index contributed by atoms with van der Waals surface area (Å²) in [4.78, 5) is -0.170. The molecule has 1 saturated heterocycles. The Morgan fingerprint density at radius 1 is 1.20 bits per heavy atom. The van der Waals surface area contributed by atoms with Crippen LogP contribution in [0.25, 0.3) is 0 Å². The molecule has 2 unspecified atom stereocenters. The first-order chi connectivity index (χ1) is 9.23. The van der Waals surface area contributed by atoms with Gasteiger partial charge in [-0.05, 0) is 30.7 Å². The second-order valence-corrected chi connectivity index (χ2v) is 6.80. The summed E-state index contributed by atoms with van der Waals surface area (Å²) in [5, 5.41) is -0.923. The summed E-state index contributed by atoms with van der Waals surface area (Å²) in [5.41, 5.74) is 4.87. The van der Waals surface area contributed by atoms with Gasteiger partial charge < -0.3 is 10.5 Å². The molecule has 2 rings (SSSR count). The van der Waals surface area contributed by atoms with E-state index in [9.17, 15) is 21.6 Å². The van der Waals surface area contributed by atoms with Crippen LogP contribution >= 0.6 is 0 Å². The van der Waals surface area contributed by atoms with Gasteiger partial charge in [0.2, 0.25) is 0 Å². The molecule has 1 aromatic rings. The SMILES string of the molecule is NC1CCOCC1S(=O)(=O)c1ccc(C(F)(F)F)cc1. The predicted octanol–water partition coefficient (Wildman–Crippen LogP) is 1.60. The van der Waals surface area contributed by atoms with Crippen LogP contribution in [-0.2, 0) is 20.8 Å². The van der Waals surface area contributed by atoms with E-state index in [-0.39, 0.29) is 11.5 Å². The number of ether oxygens (including phenoxy) is 1. The molecule has 8 heteroatoms. The highest BCUT2D eigenvalue weighted by molar-refractivity contribution is 7.92. The number of nitrogens with two attached hydrogens (primary N) is 1. The van der Waals surface area contributed by atoms with E-state index >= 15 is 0 Å². The third-order valence-corrected chi connectivity index (χ3v) is 5.48. The number of hydrogen-bond donors (Lipinski definition) is 1. The first kappa shape index (κ1) is 15.3. The van der Waals surface area contributed by atoms with Crippen molar-refractivity contribution in [3.05, 3.63) is 29.8 Å². The maximum atomic E-state index is 12.4. The van der Waals surface area contributed by atoms with Gasteiger partial charge in [0.1, 0.15) is 5.25 Å². The molecule has 1 aliphatic rings. The maximum Gasteiger partial charge on any atom is 0.416 e. The van der Waals surface area contributed by atoms with Crippen LogP contribution in [0, 0.1) is 0 Å². The minimum absolute atomic E-state index is 0.0372. The Bertz CT molecular complexity index is 569. The Kier molecular flexibility index (Phi) is 4.08. The van der Waals surface area contributed by atoms with E-state index in [2.05, 4.69) is 0 Å². The molecule has 0 aliphatic carbocycles. The Morgan fingerprint density at radius 3 is 2.30 bits per heavy atom. The van der Waals surface area contributed by atoms with Gasteiger partial charge in [0.25, 0.3) is 0 Å². The van der Waals surface area contributed by atoms with Crippen molar-refractivity contribution in [3.63, 3.8) is 0 Å². The van der Waals surface area contributed by atoms with E-state index in [0.717, 1.165) is 24.3 Å². The zero-order valence-corrected chi connectivity index (χ0v) is 11.2. The molecule has 0 radical (unpaired) electrons. The molecule has 20 heavy (non-hydrogen) atoms. The molecule has 0 bridgehead atoms. The highest BCUT2D eigenvalue weighted by atomic mass is 32.2. The minimum Gasteiger partial charge on any atom is -0.380 e. The van der Waals surface area contributed by atoms with Gasteiger partial charge in [0, 0.05) is 12.6 Å². The van der Waals surface area contributed by atoms with Crippen LogP contribution in [-0.4, -0.2) is 32.9 Å². The summed E-state index contributed by atoms with van der Waals surface area (Å²) in [7, 11) is -3.79. The molecule has 1 heterocycles. The summed E-state index contributed by atoms with van der Waals surface area (Å²) in [6, 6.07) is 2.85. The molecule has 1 aromatic carbocycles. The lowest BCUT2D eigenvalue weighted by molar-refractivity contribution is -0.137. The molecule has 2 atom stereocenters. The highest BCUT2D eigenvalue weighted by Gasteiger charge is 2.36. The smallest absolute Gasteiger partial charge is 0.380 e. The molecular formula is C12H14F3NO3S. The van der Waals surface area contributed by atoms with Gasteiger partial charge in [0.05, 0.1) is 17.1 Å². The quantitative estimate of drug-likeness (QED) is 0.901. The fourth-order valence-corrected chi connectivity index (χ4v) is 3.79. The molecular weight excluding hydrogens is 295 g/mol. The van der Waals surface area contributed by atoms with E-state index in [0.29, 0.717) is 13.0 Å². The summed E-state index contributed by atoms with van der Waals surface area (Å²) in [6.45, 7) is 0.352. The van der Waals surface area contributed by atoms with Gasteiger partial charge in [-0.15, -0.1) is 0 Å². The lowest BCUT2D eigenvalue weighted by Crippen LogP contribution is -2.47. The standard InChI is InChI=1S/C12H14F3NO3S/c13-12(14,15)8-1-3-9(4-2-8)20(17,18)11-7-19-6-5-10(11)16/h1-4,10-11H,5-7,16H2. The first-order valence-corrected chi connectivity index (χ1v) is 7.52. The zero-order valence-electron chi connectivity index (χ0n) is 10.4. The summed E-state index contributed by atoms with van der Waals surface area (Å²) in [5.74, 6) is 0. The van der Waals surface area contributed by atoms with Gasteiger partial charge in [-0.3, -0.25) is 0 Å². The van der Waals surface area contributed by atoms with Crippen LogP contribution in [0.4, 0.5) is 13.2 Å². The third kappa shape index (κ3) is 2.97. The molecule has 0 amide bonds. The highest BCUT2D eigenvalue weighted by Crippen LogP contribution is 2.30. The lowest BCUT2D eigenvalue weighted by atomic mass is 10.1. The van der Waals surface area contributed by atoms with Gasteiger partial charge >= 0.3 is 6.18 Å². The summed E-state index contributed by atoms with van der Waals surface area (Å²) >= 11 is 0. The van der Waals surface area contributed by atoms with Crippen LogP contribution in [0.1, 0.15) is 12.0 Å². The van der Waals surface area contributed by atoms with Crippen LogP contribution < -0.4 is 5.73 Å². The van der Waals surface area contributed by atoms with Gasteiger partial charge in [0.15, 0.2) is 9.84 Å². The number of benzene rings is 1. The van der Waals surface area contributed by atoms with E-state index in [1.807, 2.05) is 0 Å². The maximum absolute atomic E-state index is 12.4. The second-order valence-electron chi connectivity index (χ2n) is 4.63. The normalized spacial score (nSPS) is 24.6. The van der Waals surface area contributed by atoms with Crippen LogP contribution in [0.3, 0.4) is 0 Å². The molecule has 4 nitrogen and oxygen atoms in total. The van der Waals surface area contributed by atoms with Crippen molar-refractivity contribution >= 4 is 9.84 Å². The van der Waals surface area contributed by atoms with Crippen LogP contribution in [0.2, 0.25) is 0 Å². The summed E-state index contributed by atoms with van der Waals surface area (Å²) in [6.07, 6.45) is -4.09.